The maximum absolute atomic E-state index is 13.0. The molecule has 21 heavy (non-hydrogen) atoms. The second-order valence-corrected chi connectivity index (χ2v) is 7.04. The lowest BCUT2D eigenvalue weighted by molar-refractivity contribution is -0.159. The first-order valence-corrected chi connectivity index (χ1v) is 8.58. The molecule has 1 saturated heterocycles. The Kier molecular flexibility index (Phi) is 4.95. The van der Waals surface area contributed by atoms with Crippen molar-refractivity contribution in [2.24, 2.45) is 11.8 Å². The molecule has 0 bridgehead atoms. The van der Waals surface area contributed by atoms with Gasteiger partial charge in [-0.1, -0.05) is 53.4 Å². The zero-order valence-corrected chi connectivity index (χ0v) is 13.9. The Morgan fingerprint density at radius 2 is 1.81 bits per heavy atom. The van der Waals surface area contributed by atoms with E-state index in [9.17, 15) is 9.59 Å². The van der Waals surface area contributed by atoms with Crippen LogP contribution in [0.15, 0.2) is 0 Å². The molecule has 3 atom stereocenters. The summed E-state index contributed by atoms with van der Waals surface area (Å²) in [6.45, 7) is 9.16. The lowest BCUT2D eigenvalue weighted by Crippen LogP contribution is -2.71. The van der Waals surface area contributed by atoms with Crippen LogP contribution >= 0.6 is 0 Å². The van der Waals surface area contributed by atoms with Crippen LogP contribution in [0.5, 0.6) is 0 Å². The van der Waals surface area contributed by atoms with Crippen molar-refractivity contribution in [3.05, 3.63) is 0 Å². The van der Waals surface area contributed by atoms with Crippen molar-refractivity contribution in [2.75, 3.05) is 6.54 Å². The van der Waals surface area contributed by atoms with Crippen molar-refractivity contribution in [3.8, 4) is 0 Å². The maximum Gasteiger partial charge on any atom is 0.246 e. The van der Waals surface area contributed by atoms with Gasteiger partial charge in [-0.05, 0) is 24.7 Å². The van der Waals surface area contributed by atoms with Crippen molar-refractivity contribution < 1.29 is 9.59 Å². The van der Waals surface area contributed by atoms with Gasteiger partial charge in [0.25, 0.3) is 0 Å². The van der Waals surface area contributed by atoms with Gasteiger partial charge in [0.2, 0.25) is 11.8 Å². The zero-order chi connectivity index (χ0) is 15.6. The molecule has 1 spiro atoms. The van der Waals surface area contributed by atoms with E-state index in [1.54, 1.807) is 0 Å². The molecule has 4 heteroatoms. The van der Waals surface area contributed by atoms with E-state index in [-0.39, 0.29) is 23.8 Å². The Morgan fingerprint density at radius 1 is 1.19 bits per heavy atom. The molecule has 1 heterocycles. The Morgan fingerprint density at radius 3 is 2.33 bits per heavy atom. The quantitative estimate of drug-likeness (QED) is 0.847. The Labute approximate surface area is 128 Å². The third-order valence-corrected chi connectivity index (χ3v) is 5.59. The standard InChI is InChI=1S/C17H30N2O2/c1-5-12(3)11-19-15(20)14(13(4)6-2)18-16(21)17(19)9-7-8-10-17/h12-14H,5-11H2,1-4H3,(H,18,21). The minimum atomic E-state index is -0.551. The van der Waals surface area contributed by atoms with Crippen LogP contribution < -0.4 is 5.32 Å². The van der Waals surface area contributed by atoms with Crippen LogP contribution in [0, 0.1) is 11.8 Å². The van der Waals surface area contributed by atoms with E-state index in [0.29, 0.717) is 5.92 Å². The molecule has 120 valence electrons. The molecule has 2 aliphatic rings. The van der Waals surface area contributed by atoms with E-state index in [0.717, 1.165) is 45.1 Å². The van der Waals surface area contributed by atoms with Crippen LogP contribution in [0.25, 0.3) is 0 Å². The van der Waals surface area contributed by atoms with Gasteiger partial charge in [-0.2, -0.15) is 0 Å². The lowest BCUT2D eigenvalue weighted by Gasteiger charge is -2.48. The van der Waals surface area contributed by atoms with E-state index in [1.165, 1.54) is 0 Å². The molecule has 4 nitrogen and oxygen atoms in total. The molecular formula is C17H30N2O2. The molecule has 1 aliphatic carbocycles. The Balaban J connectivity index is 2.30. The molecular weight excluding hydrogens is 264 g/mol. The van der Waals surface area contributed by atoms with Gasteiger partial charge in [-0.25, -0.2) is 0 Å². The number of rotatable bonds is 5. The van der Waals surface area contributed by atoms with Crippen molar-refractivity contribution >= 4 is 11.8 Å². The van der Waals surface area contributed by atoms with Gasteiger partial charge >= 0.3 is 0 Å². The van der Waals surface area contributed by atoms with E-state index >= 15 is 0 Å². The van der Waals surface area contributed by atoms with Gasteiger partial charge < -0.3 is 10.2 Å². The molecule has 3 unspecified atom stereocenters. The molecule has 2 amide bonds. The number of carbonyl (C=O) groups excluding carboxylic acids is 2. The first kappa shape index (κ1) is 16.3. The second kappa shape index (κ2) is 6.37. The van der Waals surface area contributed by atoms with Crippen LogP contribution in [0.3, 0.4) is 0 Å². The molecule has 2 rings (SSSR count). The first-order valence-electron chi connectivity index (χ1n) is 8.58. The van der Waals surface area contributed by atoms with E-state index in [4.69, 9.17) is 0 Å². The van der Waals surface area contributed by atoms with Crippen LogP contribution in [-0.4, -0.2) is 34.8 Å². The molecule has 0 aromatic carbocycles. The summed E-state index contributed by atoms with van der Waals surface area (Å²) in [4.78, 5) is 27.7. The highest BCUT2D eigenvalue weighted by molar-refractivity contribution is 6.00. The largest absolute Gasteiger partial charge is 0.342 e. The fourth-order valence-corrected chi connectivity index (χ4v) is 3.62. The van der Waals surface area contributed by atoms with Crippen LogP contribution in [0.2, 0.25) is 0 Å². The van der Waals surface area contributed by atoms with Crippen LogP contribution in [0.4, 0.5) is 0 Å². The van der Waals surface area contributed by atoms with Gasteiger partial charge in [-0.3, -0.25) is 9.59 Å². The number of piperazine rings is 1. The topological polar surface area (TPSA) is 49.4 Å². The summed E-state index contributed by atoms with van der Waals surface area (Å²) in [6.07, 6.45) is 5.69. The van der Waals surface area contributed by atoms with Crippen LogP contribution in [-0.2, 0) is 9.59 Å². The van der Waals surface area contributed by atoms with E-state index < -0.39 is 5.54 Å². The SMILES string of the molecule is CCC(C)CN1C(=O)C(C(C)CC)NC(=O)C12CCCC2. The number of hydrogen-bond acceptors (Lipinski definition) is 2. The fraction of sp³-hybridized carbons (Fsp3) is 0.882. The summed E-state index contributed by atoms with van der Waals surface area (Å²) >= 11 is 0. The predicted molar refractivity (Wildman–Crippen MR) is 83.8 cm³/mol. The summed E-state index contributed by atoms with van der Waals surface area (Å²) in [6, 6.07) is -0.335. The van der Waals surface area contributed by atoms with E-state index in [1.807, 2.05) is 4.90 Å². The molecule has 1 saturated carbocycles. The number of nitrogens with one attached hydrogen (secondary N) is 1. The lowest BCUT2D eigenvalue weighted by atomic mass is 9.85. The smallest absolute Gasteiger partial charge is 0.246 e. The highest BCUT2D eigenvalue weighted by atomic mass is 16.2. The summed E-state index contributed by atoms with van der Waals surface area (Å²) in [5.41, 5.74) is -0.551. The molecule has 1 aliphatic heterocycles. The van der Waals surface area contributed by atoms with Crippen LogP contribution in [0.1, 0.15) is 66.2 Å². The number of nitrogens with zero attached hydrogens (tertiary/aromatic N) is 1. The van der Waals surface area contributed by atoms with Gasteiger partial charge in [0.05, 0.1) is 0 Å². The van der Waals surface area contributed by atoms with Gasteiger partial charge in [-0.15, -0.1) is 0 Å². The maximum atomic E-state index is 13.0. The van der Waals surface area contributed by atoms with Gasteiger partial charge in [0, 0.05) is 6.54 Å². The minimum Gasteiger partial charge on any atom is -0.342 e. The average Bonchev–Trinajstić information content (AvgIpc) is 2.97. The van der Waals surface area contributed by atoms with Crippen molar-refractivity contribution in [1.82, 2.24) is 10.2 Å². The summed E-state index contributed by atoms with van der Waals surface area (Å²) < 4.78 is 0. The molecule has 0 aromatic rings. The molecule has 0 aromatic heterocycles. The third-order valence-electron chi connectivity index (χ3n) is 5.59. The number of hydrogen-bond donors (Lipinski definition) is 1. The zero-order valence-electron chi connectivity index (χ0n) is 13.9. The monoisotopic (exact) mass is 294 g/mol. The van der Waals surface area contributed by atoms with Gasteiger partial charge in [0.1, 0.15) is 11.6 Å². The fourth-order valence-electron chi connectivity index (χ4n) is 3.62. The van der Waals surface area contributed by atoms with Crippen molar-refractivity contribution in [2.45, 2.75) is 77.8 Å². The Hall–Kier alpha value is -1.06. The molecule has 1 N–H and O–H groups in total. The Bertz CT molecular complexity index is 402. The average molecular weight is 294 g/mol. The third kappa shape index (κ3) is 2.82. The van der Waals surface area contributed by atoms with Gasteiger partial charge in [0.15, 0.2) is 0 Å². The summed E-state index contributed by atoms with van der Waals surface area (Å²) in [5, 5.41) is 3.04. The molecule has 2 fully saturated rings. The minimum absolute atomic E-state index is 0.0909. The first-order chi connectivity index (χ1) is 9.96. The van der Waals surface area contributed by atoms with E-state index in [2.05, 4.69) is 33.0 Å². The number of amides is 2. The predicted octanol–water partition coefficient (Wildman–Crippen LogP) is 2.72. The normalized spacial score (nSPS) is 27.8. The van der Waals surface area contributed by atoms with Crippen molar-refractivity contribution in [1.29, 1.82) is 0 Å². The summed E-state index contributed by atoms with van der Waals surface area (Å²) in [5.74, 6) is 0.869. The highest BCUT2D eigenvalue weighted by Gasteiger charge is 2.54. The second-order valence-electron chi connectivity index (χ2n) is 7.04. The number of carbonyl (C=O) groups is 2. The summed E-state index contributed by atoms with van der Waals surface area (Å²) in [7, 11) is 0. The van der Waals surface area contributed by atoms with Crippen molar-refractivity contribution in [3.63, 3.8) is 0 Å². The highest BCUT2D eigenvalue weighted by Crippen LogP contribution is 2.39. The molecule has 0 radical (unpaired) electrons.